The highest BCUT2D eigenvalue weighted by Crippen LogP contribution is 2.10. The first-order valence-corrected chi connectivity index (χ1v) is 4.14. The molecule has 0 aliphatic carbocycles. The van der Waals surface area contributed by atoms with Gasteiger partial charge in [0.15, 0.2) is 0 Å². The smallest absolute Gasteiger partial charge is 0.0490 e. The van der Waals surface area contributed by atoms with Crippen molar-refractivity contribution in [3.63, 3.8) is 0 Å². The van der Waals surface area contributed by atoms with Gasteiger partial charge in [-0.1, -0.05) is 0 Å². The predicted octanol–water partition coefficient (Wildman–Crippen LogP) is -0.466. The van der Waals surface area contributed by atoms with Gasteiger partial charge < -0.3 is 10.7 Å². The van der Waals surface area contributed by atoms with Crippen LogP contribution in [0.1, 0.15) is 12.8 Å². The van der Waals surface area contributed by atoms with Crippen molar-refractivity contribution in [2.75, 3.05) is 13.1 Å². The molecular formula is C7H14N4. The summed E-state index contributed by atoms with van der Waals surface area (Å²) in [6.07, 6.45) is 6.41. The van der Waals surface area contributed by atoms with Crippen molar-refractivity contribution in [2.45, 2.75) is 18.9 Å². The minimum absolute atomic E-state index is 0.655. The fourth-order valence-corrected chi connectivity index (χ4v) is 1.56. The molecule has 1 saturated heterocycles. The van der Waals surface area contributed by atoms with E-state index in [9.17, 15) is 0 Å². The first kappa shape index (κ1) is 6.94. The third kappa shape index (κ3) is 1.46. The normalized spacial score (nSPS) is 25.6. The molecule has 0 aromatic carbocycles. The van der Waals surface area contributed by atoms with Gasteiger partial charge in [0.25, 0.3) is 0 Å². The zero-order valence-corrected chi connectivity index (χ0v) is 6.51. The fourth-order valence-electron chi connectivity index (χ4n) is 1.56. The van der Waals surface area contributed by atoms with E-state index in [2.05, 4.69) is 27.5 Å². The highest BCUT2D eigenvalue weighted by molar-refractivity contribution is 4.88. The quantitative estimate of drug-likeness (QED) is 0.478. The molecule has 4 nitrogen and oxygen atoms in total. The van der Waals surface area contributed by atoms with Crippen LogP contribution in [0, 0.1) is 0 Å². The van der Waals surface area contributed by atoms with E-state index in [0.717, 1.165) is 13.1 Å². The second-order valence-corrected chi connectivity index (χ2v) is 2.96. The van der Waals surface area contributed by atoms with Crippen molar-refractivity contribution in [3.8, 4) is 0 Å². The van der Waals surface area contributed by atoms with E-state index in [1.54, 1.807) is 0 Å². The molecule has 0 bridgehead atoms. The maximum atomic E-state index is 3.34. The molecule has 2 heterocycles. The van der Waals surface area contributed by atoms with Gasteiger partial charge in [-0.2, -0.15) is 0 Å². The van der Waals surface area contributed by atoms with Crippen LogP contribution < -0.4 is 16.3 Å². The van der Waals surface area contributed by atoms with Crippen LogP contribution in [0.25, 0.3) is 0 Å². The van der Waals surface area contributed by atoms with E-state index in [0.29, 0.717) is 6.04 Å². The maximum Gasteiger partial charge on any atom is 0.0490 e. The summed E-state index contributed by atoms with van der Waals surface area (Å²) in [7, 11) is 0. The van der Waals surface area contributed by atoms with Crippen LogP contribution in [0.15, 0.2) is 12.4 Å². The molecule has 1 fully saturated rings. The summed E-state index contributed by atoms with van der Waals surface area (Å²) < 4.78 is 0. The Labute approximate surface area is 66.6 Å². The fraction of sp³-hybridized carbons (Fsp3) is 0.714. The Balaban J connectivity index is 1.87. The van der Waals surface area contributed by atoms with Gasteiger partial charge in [0, 0.05) is 18.4 Å². The van der Waals surface area contributed by atoms with Crippen LogP contribution in [0.4, 0.5) is 0 Å². The molecule has 0 unspecified atom stereocenters. The van der Waals surface area contributed by atoms with Gasteiger partial charge in [0.1, 0.15) is 0 Å². The number of rotatable bonds is 1. The number of hydrogen-bond acceptors (Lipinski definition) is 4. The van der Waals surface area contributed by atoms with Crippen LogP contribution in [-0.4, -0.2) is 24.1 Å². The standard InChI is InChI=1S/C7H14N4/c1-3-8-4-2-7(1)11-6-5-9-10-11/h5-10H,1-4H2. The summed E-state index contributed by atoms with van der Waals surface area (Å²) >= 11 is 0. The summed E-state index contributed by atoms with van der Waals surface area (Å²) in [5.41, 5.74) is 6.02. The lowest BCUT2D eigenvalue weighted by Gasteiger charge is -2.30. The first-order chi connectivity index (χ1) is 5.47. The predicted molar refractivity (Wildman–Crippen MR) is 43.1 cm³/mol. The molecular weight excluding hydrogens is 140 g/mol. The SMILES string of the molecule is C1=CN(C2CCNCC2)NN1. The molecule has 2 aliphatic rings. The van der Waals surface area contributed by atoms with Crippen LogP contribution >= 0.6 is 0 Å². The monoisotopic (exact) mass is 154 g/mol. The van der Waals surface area contributed by atoms with Gasteiger partial charge in [-0.3, -0.25) is 5.01 Å². The summed E-state index contributed by atoms with van der Waals surface area (Å²) in [6.45, 7) is 2.27. The molecule has 0 saturated carbocycles. The molecule has 4 heteroatoms. The van der Waals surface area contributed by atoms with Crippen molar-refractivity contribution in [2.24, 2.45) is 0 Å². The number of hydrazine groups is 2. The lowest BCUT2D eigenvalue weighted by atomic mass is 10.1. The molecule has 11 heavy (non-hydrogen) atoms. The Morgan fingerprint density at radius 2 is 2.09 bits per heavy atom. The maximum absolute atomic E-state index is 3.34. The van der Waals surface area contributed by atoms with Crippen molar-refractivity contribution in [1.82, 2.24) is 21.3 Å². The molecule has 62 valence electrons. The summed E-state index contributed by atoms with van der Waals surface area (Å²) in [4.78, 5) is 0. The molecule has 2 aliphatic heterocycles. The minimum Gasteiger partial charge on any atom is -0.317 e. The van der Waals surface area contributed by atoms with Crippen LogP contribution in [0.2, 0.25) is 0 Å². The van der Waals surface area contributed by atoms with Crippen LogP contribution in [-0.2, 0) is 0 Å². The molecule has 0 amide bonds. The topological polar surface area (TPSA) is 39.3 Å². The first-order valence-electron chi connectivity index (χ1n) is 4.14. The van der Waals surface area contributed by atoms with E-state index in [1.165, 1.54) is 12.8 Å². The summed E-state index contributed by atoms with van der Waals surface area (Å²) in [5, 5.41) is 5.48. The molecule has 2 rings (SSSR count). The second-order valence-electron chi connectivity index (χ2n) is 2.96. The van der Waals surface area contributed by atoms with Gasteiger partial charge >= 0.3 is 0 Å². The molecule has 0 radical (unpaired) electrons. The lowest BCUT2D eigenvalue weighted by Crippen LogP contribution is -2.47. The van der Waals surface area contributed by atoms with Gasteiger partial charge in [0.05, 0.1) is 0 Å². The van der Waals surface area contributed by atoms with Crippen LogP contribution in [0.5, 0.6) is 0 Å². The number of piperidine rings is 1. The second kappa shape index (κ2) is 3.11. The van der Waals surface area contributed by atoms with Gasteiger partial charge in [-0.05, 0) is 25.9 Å². The Hall–Kier alpha value is -0.740. The molecule has 0 atom stereocenters. The highest BCUT2D eigenvalue weighted by Gasteiger charge is 2.19. The van der Waals surface area contributed by atoms with E-state index >= 15 is 0 Å². The Morgan fingerprint density at radius 3 is 2.73 bits per heavy atom. The summed E-state index contributed by atoms with van der Waals surface area (Å²) in [6, 6.07) is 0.655. The number of nitrogens with one attached hydrogen (secondary N) is 3. The van der Waals surface area contributed by atoms with Crippen molar-refractivity contribution >= 4 is 0 Å². The molecule has 0 aromatic heterocycles. The largest absolute Gasteiger partial charge is 0.317 e. The van der Waals surface area contributed by atoms with Gasteiger partial charge in [-0.15, -0.1) is 5.53 Å². The Bertz CT molecular complexity index is 151. The van der Waals surface area contributed by atoms with Crippen molar-refractivity contribution in [3.05, 3.63) is 12.4 Å². The lowest BCUT2D eigenvalue weighted by molar-refractivity contribution is 0.163. The van der Waals surface area contributed by atoms with E-state index in [-0.39, 0.29) is 0 Å². The zero-order chi connectivity index (χ0) is 7.52. The van der Waals surface area contributed by atoms with E-state index in [4.69, 9.17) is 0 Å². The van der Waals surface area contributed by atoms with E-state index < -0.39 is 0 Å². The van der Waals surface area contributed by atoms with Gasteiger partial charge in [-0.25, -0.2) is 0 Å². The third-order valence-electron chi connectivity index (χ3n) is 2.21. The third-order valence-corrected chi connectivity index (χ3v) is 2.21. The van der Waals surface area contributed by atoms with Gasteiger partial charge in [0.2, 0.25) is 0 Å². The Kier molecular flexibility index (Phi) is 1.96. The number of nitrogens with zero attached hydrogens (tertiary/aromatic N) is 1. The minimum atomic E-state index is 0.655. The van der Waals surface area contributed by atoms with E-state index in [1.807, 2.05) is 6.20 Å². The van der Waals surface area contributed by atoms with Crippen LogP contribution in [0.3, 0.4) is 0 Å². The molecule has 3 N–H and O–H groups in total. The number of hydrogen-bond donors (Lipinski definition) is 3. The average molecular weight is 154 g/mol. The van der Waals surface area contributed by atoms with Crippen molar-refractivity contribution < 1.29 is 0 Å². The summed E-state index contributed by atoms with van der Waals surface area (Å²) in [5.74, 6) is 0. The molecule has 0 aromatic rings. The Morgan fingerprint density at radius 1 is 1.27 bits per heavy atom. The zero-order valence-electron chi connectivity index (χ0n) is 6.51. The van der Waals surface area contributed by atoms with Crippen molar-refractivity contribution in [1.29, 1.82) is 0 Å². The highest BCUT2D eigenvalue weighted by atomic mass is 15.7. The molecule has 0 spiro atoms. The average Bonchev–Trinajstić information content (AvgIpc) is 2.58.